The third kappa shape index (κ3) is 4.11. The van der Waals surface area contributed by atoms with Crippen molar-refractivity contribution in [1.82, 2.24) is 14.9 Å². The molecule has 154 valence electrons. The molecule has 0 saturated carbocycles. The van der Waals surface area contributed by atoms with E-state index in [9.17, 15) is 4.79 Å². The zero-order chi connectivity index (χ0) is 20.6. The summed E-state index contributed by atoms with van der Waals surface area (Å²) in [6.07, 6.45) is 0. The highest BCUT2D eigenvalue weighted by atomic mass is 35.5. The fourth-order valence-electron chi connectivity index (χ4n) is 3.50. The Morgan fingerprint density at radius 1 is 1.45 bits per heavy atom. The second kappa shape index (κ2) is 7.95. The predicted molar refractivity (Wildman–Crippen MR) is 117 cm³/mol. The van der Waals surface area contributed by atoms with Crippen LogP contribution >= 0.6 is 22.9 Å². The lowest BCUT2D eigenvalue weighted by Crippen LogP contribution is -2.54. The number of nitrogens with zero attached hydrogens (tertiary/aromatic N) is 2. The number of pyridine rings is 1. The minimum atomic E-state index is -0.135. The van der Waals surface area contributed by atoms with Gasteiger partial charge in [-0.05, 0) is 26.0 Å². The highest BCUT2D eigenvalue weighted by Gasteiger charge is 2.30. The number of nitrogen functional groups attached to an aromatic ring is 1. The monoisotopic (exact) mass is 434 g/mol. The minimum Gasteiger partial charge on any atom is -0.491 e. The smallest absolute Gasteiger partial charge is 0.190 e. The van der Waals surface area contributed by atoms with Gasteiger partial charge in [0, 0.05) is 35.5 Å². The largest absolute Gasteiger partial charge is 0.491 e. The highest BCUT2D eigenvalue weighted by molar-refractivity contribution is 7.13. The first-order chi connectivity index (χ1) is 13.8. The average Bonchev–Trinajstić information content (AvgIpc) is 3.11. The number of morpholine rings is 1. The summed E-state index contributed by atoms with van der Waals surface area (Å²) >= 11 is 7.90. The van der Waals surface area contributed by atoms with E-state index in [4.69, 9.17) is 26.8 Å². The van der Waals surface area contributed by atoms with Gasteiger partial charge in [-0.25, -0.2) is 4.98 Å². The number of hydrogen-bond acceptors (Lipinski definition) is 7. The van der Waals surface area contributed by atoms with Crippen LogP contribution in [0.2, 0.25) is 5.02 Å². The molecule has 29 heavy (non-hydrogen) atoms. The van der Waals surface area contributed by atoms with Crippen LogP contribution in [-0.2, 0) is 4.74 Å². The van der Waals surface area contributed by atoms with Gasteiger partial charge in [0.15, 0.2) is 10.6 Å². The lowest BCUT2D eigenvalue weighted by atomic mass is 10.0. The van der Waals surface area contributed by atoms with Crippen LogP contribution in [-0.4, -0.2) is 53.3 Å². The van der Waals surface area contributed by atoms with Crippen LogP contribution in [0.4, 0.5) is 5.13 Å². The standard InChI is InChI=1S/C20H23ClN4O3S/c1-20(2)11-27-7-5-25(20)6-8-28-16-4-3-12-15(26)9-13(23-18(12)17(16)21)14-10-29-19(22)24-14/h3-4,9-10H,5-8,11H2,1-2H3,(H2,22,24)(H,23,26). The number of nitrogens with one attached hydrogen (secondary N) is 1. The molecule has 0 atom stereocenters. The predicted octanol–water partition coefficient (Wildman–Crippen LogP) is 3.38. The van der Waals surface area contributed by atoms with E-state index in [-0.39, 0.29) is 11.0 Å². The molecule has 9 heteroatoms. The van der Waals surface area contributed by atoms with Gasteiger partial charge in [-0.15, -0.1) is 11.3 Å². The van der Waals surface area contributed by atoms with E-state index in [1.54, 1.807) is 17.5 Å². The first-order valence-electron chi connectivity index (χ1n) is 9.38. The Labute approximate surface area is 177 Å². The van der Waals surface area contributed by atoms with Crippen LogP contribution in [0.5, 0.6) is 5.75 Å². The summed E-state index contributed by atoms with van der Waals surface area (Å²) in [6.45, 7) is 7.87. The molecule has 0 radical (unpaired) electrons. The number of H-pyrrole nitrogens is 1. The molecule has 1 aliphatic heterocycles. The topological polar surface area (TPSA) is 93.5 Å². The van der Waals surface area contributed by atoms with Gasteiger partial charge in [0.25, 0.3) is 0 Å². The number of ether oxygens (including phenoxy) is 2. The number of hydrogen-bond donors (Lipinski definition) is 2. The highest BCUT2D eigenvalue weighted by Crippen LogP contribution is 2.32. The second-order valence-corrected chi connectivity index (χ2v) is 8.89. The minimum absolute atomic E-state index is 0.0235. The molecule has 3 aromatic rings. The van der Waals surface area contributed by atoms with Gasteiger partial charge >= 0.3 is 0 Å². The van der Waals surface area contributed by atoms with Gasteiger partial charge in [0.1, 0.15) is 17.4 Å². The summed E-state index contributed by atoms with van der Waals surface area (Å²) in [5, 5.41) is 3.12. The molecule has 1 aromatic carbocycles. The van der Waals surface area contributed by atoms with Crippen molar-refractivity contribution >= 4 is 39.0 Å². The number of halogens is 1. The van der Waals surface area contributed by atoms with Crippen LogP contribution in [0.25, 0.3) is 22.3 Å². The molecular formula is C20H23ClN4O3S. The quantitative estimate of drug-likeness (QED) is 0.639. The van der Waals surface area contributed by atoms with Crippen molar-refractivity contribution in [1.29, 1.82) is 0 Å². The maximum absolute atomic E-state index is 12.5. The summed E-state index contributed by atoms with van der Waals surface area (Å²) in [5.41, 5.74) is 7.28. The summed E-state index contributed by atoms with van der Waals surface area (Å²) in [6, 6.07) is 4.98. The van der Waals surface area contributed by atoms with Crippen molar-refractivity contribution in [2.75, 3.05) is 38.6 Å². The van der Waals surface area contributed by atoms with Gasteiger partial charge in [0.05, 0.1) is 30.1 Å². The Hall–Kier alpha value is -2.13. The van der Waals surface area contributed by atoms with E-state index in [0.717, 1.165) is 19.7 Å². The average molecular weight is 435 g/mol. The van der Waals surface area contributed by atoms with E-state index in [0.29, 0.717) is 51.4 Å². The first-order valence-corrected chi connectivity index (χ1v) is 10.6. The van der Waals surface area contributed by atoms with Crippen LogP contribution in [0.1, 0.15) is 13.8 Å². The molecule has 3 N–H and O–H groups in total. The molecule has 1 aliphatic rings. The number of rotatable bonds is 5. The Morgan fingerprint density at radius 3 is 3.00 bits per heavy atom. The molecule has 4 rings (SSSR count). The van der Waals surface area contributed by atoms with Crippen molar-refractivity contribution in [3.63, 3.8) is 0 Å². The number of thiazole rings is 1. The van der Waals surface area contributed by atoms with Gasteiger partial charge in [0.2, 0.25) is 0 Å². The Morgan fingerprint density at radius 2 is 2.28 bits per heavy atom. The molecule has 1 saturated heterocycles. The van der Waals surface area contributed by atoms with E-state index in [1.807, 2.05) is 0 Å². The van der Waals surface area contributed by atoms with Crippen molar-refractivity contribution in [3.05, 3.63) is 38.8 Å². The Bertz CT molecular complexity index is 1100. The molecule has 1 fully saturated rings. The molecule has 2 aromatic heterocycles. The van der Waals surface area contributed by atoms with Gasteiger partial charge in [-0.1, -0.05) is 11.6 Å². The van der Waals surface area contributed by atoms with Crippen molar-refractivity contribution in [2.24, 2.45) is 0 Å². The van der Waals surface area contributed by atoms with Crippen molar-refractivity contribution < 1.29 is 9.47 Å². The van der Waals surface area contributed by atoms with Crippen LogP contribution in [0.15, 0.2) is 28.4 Å². The molecule has 0 unspecified atom stereocenters. The number of aromatic nitrogens is 2. The molecule has 0 amide bonds. The van der Waals surface area contributed by atoms with Crippen LogP contribution in [0, 0.1) is 0 Å². The molecule has 0 spiro atoms. The normalized spacial score (nSPS) is 16.9. The number of nitrogens with two attached hydrogens (primary N) is 1. The summed E-state index contributed by atoms with van der Waals surface area (Å²) < 4.78 is 11.5. The number of aromatic amines is 1. The van der Waals surface area contributed by atoms with Crippen LogP contribution < -0.4 is 15.9 Å². The molecule has 7 nitrogen and oxygen atoms in total. The Kier molecular flexibility index (Phi) is 5.52. The fraction of sp³-hybridized carbons (Fsp3) is 0.400. The summed E-state index contributed by atoms with van der Waals surface area (Å²) in [5.74, 6) is 0.538. The lowest BCUT2D eigenvalue weighted by Gasteiger charge is -2.41. The third-order valence-corrected chi connectivity index (χ3v) is 6.19. The van der Waals surface area contributed by atoms with E-state index < -0.39 is 0 Å². The summed E-state index contributed by atoms with van der Waals surface area (Å²) in [4.78, 5) is 22.3. The number of anilines is 1. The van der Waals surface area contributed by atoms with E-state index in [2.05, 4.69) is 28.7 Å². The molecule has 3 heterocycles. The van der Waals surface area contributed by atoms with Crippen molar-refractivity contribution in [3.8, 4) is 17.1 Å². The van der Waals surface area contributed by atoms with Gasteiger partial charge in [-0.2, -0.15) is 0 Å². The Balaban J connectivity index is 1.57. The van der Waals surface area contributed by atoms with Gasteiger partial charge < -0.3 is 20.2 Å². The zero-order valence-electron chi connectivity index (χ0n) is 16.3. The first kappa shape index (κ1) is 20.2. The maximum atomic E-state index is 12.5. The maximum Gasteiger partial charge on any atom is 0.190 e. The molecule has 0 bridgehead atoms. The fourth-order valence-corrected chi connectivity index (χ4v) is 4.33. The van der Waals surface area contributed by atoms with Crippen LogP contribution in [0.3, 0.4) is 0 Å². The van der Waals surface area contributed by atoms with E-state index >= 15 is 0 Å². The van der Waals surface area contributed by atoms with E-state index in [1.165, 1.54) is 17.4 Å². The lowest BCUT2D eigenvalue weighted by molar-refractivity contribution is -0.0547. The second-order valence-electron chi connectivity index (χ2n) is 7.62. The number of benzene rings is 1. The number of fused-ring (bicyclic) bond motifs is 1. The van der Waals surface area contributed by atoms with Crippen molar-refractivity contribution in [2.45, 2.75) is 19.4 Å². The SMILES string of the molecule is CC1(C)COCCN1CCOc1ccc2c(=O)cc(-c3csc(N)n3)[nH]c2c1Cl. The zero-order valence-corrected chi connectivity index (χ0v) is 17.9. The van der Waals surface area contributed by atoms with Gasteiger partial charge in [-0.3, -0.25) is 9.69 Å². The third-order valence-electron chi connectivity index (χ3n) is 5.14. The molecular weight excluding hydrogens is 412 g/mol. The summed E-state index contributed by atoms with van der Waals surface area (Å²) in [7, 11) is 0. The molecule has 0 aliphatic carbocycles.